The molecule has 1 atom stereocenters. The van der Waals surface area contributed by atoms with E-state index < -0.39 is 28.2 Å². The van der Waals surface area contributed by atoms with Crippen molar-refractivity contribution in [3.63, 3.8) is 0 Å². The van der Waals surface area contributed by atoms with Crippen molar-refractivity contribution in [2.24, 2.45) is 0 Å². The van der Waals surface area contributed by atoms with Gasteiger partial charge in [-0.15, -0.1) is 0 Å². The molecule has 5 nitrogen and oxygen atoms in total. The second kappa shape index (κ2) is 10.1. The van der Waals surface area contributed by atoms with Gasteiger partial charge in [-0.1, -0.05) is 47.5 Å². The number of halogens is 3. The maximum atomic E-state index is 14.9. The standard InChI is InChI=1S/C28H27Cl2FN2O3S/c1-27(2,34)18-11-9-17(14-23(18)37(5)36)16-10-12-22(20(30)13-16)33-15-24(28(3,4)35)32-26(33)25-19(29)7-6-8-21(25)31/h6-15,34-35H,1-5H3. The van der Waals surface area contributed by atoms with Gasteiger partial charge >= 0.3 is 0 Å². The van der Waals surface area contributed by atoms with E-state index in [9.17, 15) is 19.2 Å². The third-order valence-corrected chi connectivity index (χ3v) is 7.58. The number of aromatic nitrogens is 2. The highest BCUT2D eigenvalue weighted by Crippen LogP contribution is 2.37. The lowest BCUT2D eigenvalue weighted by Crippen LogP contribution is -2.19. The smallest absolute Gasteiger partial charge is 0.159 e. The summed E-state index contributed by atoms with van der Waals surface area (Å²) >= 11 is 11.8. The zero-order valence-electron chi connectivity index (χ0n) is 21.0. The van der Waals surface area contributed by atoms with E-state index in [4.69, 9.17) is 23.2 Å². The fraction of sp³-hybridized carbons (Fsp3) is 0.250. The minimum Gasteiger partial charge on any atom is -0.612 e. The summed E-state index contributed by atoms with van der Waals surface area (Å²) in [6, 6.07) is 15.1. The summed E-state index contributed by atoms with van der Waals surface area (Å²) in [7, 11) is 0. The third-order valence-electron chi connectivity index (χ3n) is 6.01. The Hall–Kier alpha value is -2.39. The highest BCUT2D eigenvalue weighted by Gasteiger charge is 2.27. The van der Waals surface area contributed by atoms with Gasteiger partial charge in [0, 0.05) is 17.8 Å². The Morgan fingerprint density at radius 2 is 1.57 bits per heavy atom. The average Bonchev–Trinajstić information content (AvgIpc) is 3.23. The summed E-state index contributed by atoms with van der Waals surface area (Å²) in [6.45, 7) is 6.47. The first-order valence-electron chi connectivity index (χ1n) is 11.5. The molecule has 194 valence electrons. The predicted molar refractivity (Wildman–Crippen MR) is 147 cm³/mol. The number of rotatable bonds is 6. The second-order valence-electron chi connectivity index (χ2n) is 9.87. The Kier molecular flexibility index (Phi) is 7.51. The van der Waals surface area contributed by atoms with Gasteiger partial charge in [0.1, 0.15) is 23.5 Å². The lowest BCUT2D eigenvalue weighted by Gasteiger charge is -2.22. The van der Waals surface area contributed by atoms with Crippen LogP contribution in [0.5, 0.6) is 0 Å². The number of imidazole rings is 1. The number of nitrogens with zero attached hydrogens (tertiary/aromatic N) is 2. The van der Waals surface area contributed by atoms with Crippen LogP contribution in [0.4, 0.5) is 4.39 Å². The van der Waals surface area contributed by atoms with E-state index in [1.54, 1.807) is 75.0 Å². The molecule has 0 aliphatic carbocycles. The first-order valence-corrected chi connectivity index (χ1v) is 13.8. The van der Waals surface area contributed by atoms with Crippen LogP contribution >= 0.6 is 23.2 Å². The van der Waals surface area contributed by atoms with Crippen molar-refractivity contribution in [3.05, 3.63) is 87.9 Å². The Bertz CT molecular complexity index is 1450. The Morgan fingerprint density at radius 1 is 0.919 bits per heavy atom. The minimum atomic E-state index is -1.32. The largest absolute Gasteiger partial charge is 0.612 e. The van der Waals surface area contributed by atoms with Gasteiger partial charge in [0.15, 0.2) is 4.90 Å². The zero-order valence-corrected chi connectivity index (χ0v) is 23.3. The molecule has 0 saturated heterocycles. The van der Waals surface area contributed by atoms with Crippen molar-refractivity contribution in [2.45, 2.75) is 43.8 Å². The van der Waals surface area contributed by atoms with E-state index >= 15 is 0 Å². The van der Waals surface area contributed by atoms with E-state index in [1.807, 2.05) is 12.1 Å². The third kappa shape index (κ3) is 5.58. The molecule has 0 aliphatic rings. The highest BCUT2D eigenvalue weighted by atomic mass is 35.5. The zero-order chi connectivity index (χ0) is 27.3. The molecule has 0 bridgehead atoms. The molecule has 9 heteroatoms. The molecular formula is C28H27Cl2FN2O3S. The molecule has 4 rings (SSSR count). The van der Waals surface area contributed by atoms with Crippen molar-refractivity contribution < 1.29 is 19.2 Å². The minimum absolute atomic E-state index is 0.0945. The molecule has 0 radical (unpaired) electrons. The van der Waals surface area contributed by atoms with Crippen molar-refractivity contribution in [1.82, 2.24) is 9.55 Å². The van der Waals surface area contributed by atoms with Crippen LogP contribution in [0.3, 0.4) is 0 Å². The molecule has 1 aromatic heterocycles. The molecule has 3 aromatic carbocycles. The second-order valence-corrected chi connectivity index (χ2v) is 12.0. The summed E-state index contributed by atoms with van der Waals surface area (Å²) in [5.41, 5.74) is 0.599. The van der Waals surface area contributed by atoms with Crippen LogP contribution in [0, 0.1) is 5.82 Å². The van der Waals surface area contributed by atoms with Crippen molar-refractivity contribution in [2.75, 3.05) is 6.26 Å². The molecule has 0 fully saturated rings. The molecular weight excluding hydrogens is 534 g/mol. The molecule has 37 heavy (non-hydrogen) atoms. The van der Waals surface area contributed by atoms with Gasteiger partial charge in [0.25, 0.3) is 0 Å². The Morgan fingerprint density at radius 3 is 2.14 bits per heavy atom. The lowest BCUT2D eigenvalue weighted by molar-refractivity contribution is 0.0741. The molecule has 0 aliphatic heterocycles. The molecule has 1 unspecified atom stereocenters. The molecule has 2 N–H and O–H groups in total. The highest BCUT2D eigenvalue weighted by molar-refractivity contribution is 7.90. The fourth-order valence-corrected chi connectivity index (χ4v) is 5.51. The van der Waals surface area contributed by atoms with E-state index in [0.29, 0.717) is 26.9 Å². The van der Waals surface area contributed by atoms with Crippen LogP contribution in [0.25, 0.3) is 28.2 Å². The molecule has 1 heterocycles. The quantitative estimate of drug-likeness (QED) is 0.253. The van der Waals surface area contributed by atoms with Crippen LogP contribution in [-0.4, -0.2) is 30.6 Å². The lowest BCUT2D eigenvalue weighted by atomic mass is 9.95. The number of benzene rings is 3. The first-order chi connectivity index (χ1) is 17.2. The van der Waals surface area contributed by atoms with E-state index in [-0.39, 0.29) is 16.4 Å². The van der Waals surface area contributed by atoms with Crippen molar-refractivity contribution in [3.8, 4) is 28.2 Å². The van der Waals surface area contributed by atoms with Gasteiger partial charge in [-0.3, -0.25) is 4.57 Å². The summed E-state index contributed by atoms with van der Waals surface area (Å²) in [5, 5.41) is 21.6. The summed E-state index contributed by atoms with van der Waals surface area (Å²) < 4.78 is 28.9. The molecule has 0 amide bonds. The Balaban J connectivity index is 1.86. The number of hydrogen-bond acceptors (Lipinski definition) is 4. The molecule has 4 aromatic rings. The normalized spacial score (nSPS) is 13.2. The van der Waals surface area contributed by atoms with Gasteiger partial charge in [-0.25, -0.2) is 9.37 Å². The van der Waals surface area contributed by atoms with Gasteiger partial charge in [0.05, 0.1) is 32.6 Å². The molecule has 0 spiro atoms. The summed E-state index contributed by atoms with van der Waals surface area (Å²) in [6.07, 6.45) is 3.18. The van der Waals surface area contributed by atoms with E-state index in [2.05, 4.69) is 4.98 Å². The van der Waals surface area contributed by atoms with E-state index in [0.717, 1.165) is 11.1 Å². The predicted octanol–water partition coefficient (Wildman–Crippen LogP) is 6.84. The van der Waals surface area contributed by atoms with Gasteiger partial charge < -0.3 is 14.8 Å². The maximum absolute atomic E-state index is 14.9. The van der Waals surface area contributed by atoms with Crippen LogP contribution in [0.1, 0.15) is 39.0 Å². The topological polar surface area (TPSA) is 81.3 Å². The van der Waals surface area contributed by atoms with Gasteiger partial charge in [-0.2, -0.15) is 0 Å². The first kappa shape index (κ1) is 27.6. The van der Waals surface area contributed by atoms with Gasteiger partial charge in [-0.05, 0) is 74.3 Å². The fourth-order valence-electron chi connectivity index (χ4n) is 4.07. The SMILES string of the molecule is C[S+]([O-])c1cc(-c2ccc(-n3cc(C(C)(C)O)nc3-c3c(F)cccc3Cl)c(Cl)c2)ccc1C(C)(C)O. The average molecular weight is 562 g/mol. The van der Waals surface area contributed by atoms with Crippen LogP contribution < -0.4 is 0 Å². The Labute approximate surface area is 228 Å². The number of hydrogen-bond donors (Lipinski definition) is 2. The number of aliphatic hydroxyl groups is 2. The summed E-state index contributed by atoms with van der Waals surface area (Å²) in [5.74, 6) is -0.352. The van der Waals surface area contributed by atoms with Crippen LogP contribution in [-0.2, 0) is 22.4 Å². The van der Waals surface area contributed by atoms with Crippen molar-refractivity contribution >= 4 is 34.4 Å². The monoisotopic (exact) mass is 560 g/mol. The summed E-state index contributed by atoms with van der Waals surface area (Å²) in [4.78, 5) is 5.04. The van der Waals surface area contributed by atoms with Gasteiger partial charge in [0.2, 0.25) is 0 Å². The van der Waals surface area contributed by atoms with E-state index in [1.165, 1.54) is 12.1 Å². The maximum Gasteiger partial charge on any atom is 0.159 e. The van der Waals surface area contributed by atoms with Crippen LogP contribution in [0.15, 0.2) is 65.7 Å². The van der Waals surface area contributed by atoms with Crippen LogP contribution in [0.2, 0.25) is 10.0 Å². The molecule has 0 saturated carbocycles. The van der Waals surface area contributed by atoms with Crippen molar-refractivity contribution in [1.29, 1.82) is 0 Å².